The van der Waals surface area contributed by atoms with Gasteiger partial charge in [0.15, 0.2) is 5.13 Å². The van der Waals surface area contributed by atoms with E-state index in [2.05, 4.69) is 5.32 Å². The average Bonchev–Trinajstić information content (AvgIpc) is 3.27. The van der Waals surface area contributed by atoms with Crippen LogP contribution in [-0.2, 0) is 11.3 Å². The monoisotopic (exact) mass is 453 g/mol. The van der Waals surface area contributed by atoms with E-state index in [0.29, 0.717) is 12.1 Å². The lowest BCUT2D eigenvalue weighted by atomic mass is 10.0. The maximum atomic E-state index is 12.4. The van der Waals surface area contributed by atoms with Crippen molar-refractivity contribution in [3.8, 4) is 17.0 Å². The Morgan fingerprint density at radius 1 is 1.16 bits per heavy atom. The number of hydrogen-bond acceptors (Lipinski definition) is 6. The molecule has 1 heterocycles. The summed E-state index contributed by atoms with van der Waals surface area (Å²) in [6, 6.07) is 14.0. The number of carbonyl (C=O) groups is 2. The number of hydrogen-bond donors (Lipinski definition) is 2. The molecule has 2 N–H and O–H groups in total. The molecule has 1 atom stereocenters. The van der Waals surface area contributed by atoms with Crippen molar-refractivity contribution >= 4 is 28.3 Å². The van der Waals surface area contributed by atoms with E-state index in [1.807, 2.05) is 53.7 Å². The van der Waals surface area contributed by atoms with Crippen LogP contribution in [0.2, 0.25) is 0 Å². The number of carbonyl (C=O) groups excluding carboxylic acids is 1. The van der Waals surface area contributed by atoms with Crippen LogP contribution in [0.5, 0.6) is 5.75 Å². The van der Waals surface area contributed by atoms with E-state index in [4.69, 9.17) is 9.72 Å². The van der Waals surface area contributed by atoms with Crippen LogP contribution in [0.1, 0.15) is 29.8 Å². The largest absolute Gasteiger partial charge is 0.496 e. The molecule has 7 nitrogen and oxygen atoms in total. The highest BCUT2D eigenvalue weighted by Crippen LogP contribution is 2.33. The predicted molar refractivity (Wildman–Crippen MR) is 126 cm³/mol. The van der Waals surface area contributed by atoms with Crippen LogP contribution in [0.4, 0.5) is 5.13 Å². The van der Waals surface area contributed by atoms with Crippen LogP contribution < -0.4 is 15.0 Å². The first-order chi connectivity index (χ1) is 15.3. The zero-order valence-electron chi connectivity index (χ0n) is 18.5. The van der Waals surface area contributed by atoms with Crippen molar-refractivity contribution in [2.75, 3.05) is 19.1 Å². The Bertz CT molecular complexity index is 1080. The SMILES string of the molecule is COc1ccccc1-c1csc(N(C)Cc2ccc(C(=O)NC(C(=O)O)C(C)C)cc2)n1. The van der Waals surface area contributed by atoms with E-state index >= 15 is 0 Å². The van der Waals surface area contributed by atoms with Gasteiger partial charge in [-0.25, -0.2) is 9.78 Å². The fourth-order valence-corrected chi connectivity index (χ4v) is 4.05. The van der Waals surface area contributed by atoms with Crippen molar-refractivity contribution in [1.82, 2.24) is 10.3 Å². The molecule has 168 valence electrons. The number of anilines is 1. The number of aliphatic carboxylic acids is 1. The van der Waals surface area contributed by atoms with Gasteiger partial charge >= 0.3 is 5.97 Å². The molecule has 0 radical (unpaired) electrons. The summed E-state index contributed by atoms with van der Waals surface area (Å²) >= 11 is 1.55. The molecule has 0 aliphatic heterocycles. The van der Waals surface area contributed by atoms with Crippen molar-refractivity contribution in [3.05, 3.63) is 65.0 Å². The second kappa shape index (κ2) is 10.3. The van der Waals surface area contributed by atoms with E-state index in [1.165, 1.54) is 0 Å². The second-order valence-corrected chi connectivity index (χ2v) is 8.64. The smallest absolute Gasteiger partial charge is 0.326 e. The van der Waals surface area contributed by atoms with Gasteiger partial charge in [-0.1, -0.05) is 38.1 Å². The Morgan fingerprint density at radius 3 is 2.47 bits per heavy atom. The number of nitrogens with one attached hydrogen (secondary N) is 1. The molecule has 1 amide bonds. The highest BCUT2D eigenvalue weighted by Gasteiger charge is 2.24. The molecule has 0 saturated carbocycles. The third kappa shape index (κ3) is 5.45. The molecule has 0 spiro atoms. The Balaban J connectivity index is 1.66. The van der Waals surface area contributed by atoms with Gasteiger partial charge in [0.05, 0.1) is 12.8 Å². The number of ether oxygens (including phenoxy) is 1. The second-order valence-electron chi connectivity index (χ2n) is 7.80. The van der Waals surface area contributed by atoms with Crippen LogP contribution in [0.3, 0.4) is 0 Å². The minimum absolute atomic E-state index is 0.205. The summed E-state index contributed by atoms with van der Waals surface area (Å²) in [7, 11) is 3.61. The Morgan fingerprint density at radius 2 is 1.84 bits per heavy atom. The van der Waals surface area contributed by atoms with Gasteiger partial charge in [0.25, 0.3) is 5.91 Å². The quantitative estimate of drug-likeness (QED) is 0.502. The van der Waals surface area contributed by atoms with Gasteiger partial charge in [-0.15, -0.1) is 11.3 Å². The van der Waals surface area contributed by atoms with Crippen LogP contribution in [-0.4, -0.2) is 42.2 Å². The molecular weight excluding hydrogens is 426 g/mol. The van der Waals surface area contributed by atoms with Crippen molar-refractivity contribution < 1.29 is 19.4 Å². The third-order valence-electron chi connectivity index (χ3n) is 5.06. The van der Waals surface area contributed by atoms with E-state index < -0.39 is 17.9 Å². The lowest BCUT2D eigenvalue weighted by Gasteiger charge is -2.18. The third-order valence-corrected chi connectivity index (χ3v) is 6.01. The summed E-state index contributed by atoms with van der Waals surface area (Å²) in [5.41, 5.74) is 3.24. The van der Waals surface area contributed by atoms with Gasteiger partial charge in [0.2, 0.25) is 0 Å². The van der Waals surface area contributed by atoms with Gasteiger partial charge in [0, 0.05) is 30.1 Å². The number of methoxy groups -OCH3 is 1. The fourth-order valence-electron chi connectivity index (χ4n) is 3.26. The first kappa shape index (κ1) is 23.3. The standard InChI is InChI=1S/C24H27N3O4S/c1-15(2)21(23(29)30)26-22(28)17-11-9-16(10-12-17)13-27(3)24-25-19(14-32-24)18-7-5-6-8-20(18)31-4/h5-12,14-15,21H,13H2,1-4H3,(H,26,28)(H,29,30). The number of amides is 1. The van der Waals surface area contributed by atoms with E-state index in [9.17, 15) is 14.7 Å². The van der Waals surface area contributed by atoms with Crippen molar-refractivity contribution in [1.29, 1.82) is 0 Å². The number of nitrogens with zero attached hydrogens (tertiary/aromatic N) is 2. The van der Waals surface area contributed by atoms with Crippen molar-refractivity contribution in [3.63, 3.8) is 0 Å². The molecular formula is C24H27N3O4S. The molecule has 0 saturated heterocycles. The number of thiazole rings is 1. The van der Waals surface area contributed by atoms with Gasteiger partial charge in [-0.3, -0.25) is 4.79 Å². The summed E-state index contributed by atoms with van der Waals surface area (Å²) < 4.78 is 5.43. The lowest BCUT2D eigenvalue weighted by Crippen LogP contribution is -2.44. The number of benzene rings is 2. The van der Waals surface area contributed by atoms with Crippen LogP contribution in [0.25, 0.3) is 11.3 Å². The minimum atomic E-state index is -1.04. The first-order valence-corrected chi connectivity index (χ1v) is 11.1. The Hall–Kier alpha value is -3.39. The zero-order valence-corrected chi connectivity index (χ0v) is 19.3. The number of para-hydroxylation sites is 1. The van der Waals surface area contributed by atoms with Gasteiger partial charge in [0.1, 0.15) is 11.8 Å². The van der Waals surface area contributed by atoms with Gasteiger partial charge in [-0.05, 0) is 35.7 Å². The summed E-state index contributed by atoms with van der Waals surface area (Å²) in [4.78, 5) is 30.5. The van der Waals surface area contributed by atoms with Crippen molar-refractivity contribution in [2.24, 2.45) is 5.92 Å². The number of carboxylic acids is 1. The van der Waals surface area contributed by atoms with E-state index in [-0.39, 0.29) is 5.92 Å². The summed E-state index contributed by atoms with van der Waals surface area (Å²) in [6.07, 6.45) is 0. The van der Waals surface area contributed by atoms with Gasteiger partial charge < -0.3 is 20.1 Å². The molecule has 1 aromatic heterocycles. The molecule has 3 rings (SSSR count). The summed E-state index contributed by atoms with van der Waals surface area (Å²) in [5, 5.41) is 14.7. The molecule has 1 unspecified atom stereocenters. The molecule has 8 heteroatoms. The topological polar surface area (TPSA) is 91.8 Å². The molecule has 0 bridgehead atoms. The molecule has 0 aliphatic rings. The Kier molecular flexibility index (Phi) is 7.48. The zero-order chi connectivity index (χ0) is 23.3. The number of carboxylic acid groups (broad SMARTS) is 1. The number of aromatic nitrogens is 1. The molecule has 0 aliphatic carbocycles. The highest BCUT2D eigenvalue weighted by molar-refractivity contribution is 7.14. The normalized spacial score (nSPS) is 11.8. The minimum Gasteiger partial charge on any atom is -0.496 e. The number of rotatable bonds is 9. The summed E-state index contributed by atoms with van der Waals surface area (Å²) in [5.74, 6) is -0.859. The van der Waals surface area contributed by atoms with E-state index in [1.54, 1.807) is 44.4 Å². The molecule has 0 fully saturated rings. The van der Waals surface area contributed by atoms with Gasteiger partial charge in [-0.2, -0.15) is 0 Å². The Labute approximate surface area is 191 Å². The fraction of sp³-hybridized carbons (Fsp3) is 0.292. The average molecular weight is 454 g/mol. The molecule has 32 heavy (non-hydrogen) atoms. The van der Waals surface area contributed by atoms with E-state index in [0.717, 1.165) is 27.7 Å². The lowest BCUT2D eigenvalue weighted by molar-refractivity contribution is -0.140. The summed E-state index contributed by atoms with van der Waals surface area (Å²) in [6.45, 7) is 4.14. The predicted octanol–water partition coefficient (Wildman–Crippen LogP) is 4.29. The molecule has 3 aromatic rings. The van der Waals surface area contributed by atoms with Crippen LogP contribution in [0, 0.1) is 5.92 Å². The van der Waals surface area contributed by atoms with Crippen LogP contribution >= 0.6 is 11.3 Å². The maximum absolute atomic E-state index is 12.4. The van der Waals surface area contributed by atoms with Crippen molar-refractivity contribution in [2.45, 2.75) is 26.4 Å². The molecule has 2 aromatic carbocycles. The first-order valence-electron chi connectivity index (χ1n) is 10.2. The maximum Gasteiger partial charge on any atom is 0.326 e. The van der Waals surface area contributed by atoms with Crippen LogP contribution in [0.15, 0.2) is 53.9 Å². The highest BCUT2D eigenvalue weighted by atomic mass is 32.1.